The number of pyridine rings is 1. The Balaban J connectivity index is 1.87. The van der Waals surface area contributed by atoms with Crippen molar-refractivity contribution in [2.45, 2.75) is 4.90 Å². The number of sulfone groups is 1. The summed E-state index contributed by atoms with van der Waals surface area (Å²) in [7, 11) is -4.14. The molecule has 1 N–H and O–H groups in total. The average molecular weight is 457 g/mol. The number of H-pyrrole nitrogens is 1. The minimum atomic E-state index is -4.14. The standard InChI is InChI=1S/C19H12Cl3NO4S/c20-13-4-1-11(16(22)8-13)3-6-15(24)10-28(26,27)18-7-12-2-5-14(21)9-17(12)23-19(18)25/h1-9H,10H2,(H,23,25). The van der Waals surface area contributed by atoms with E-state index in [2.05, 4.69) is 4.98 Å². The molecule has 0 aliphatic rings. The highest BCUT2D eigenvalue weighted by Crippen LogP contribution is 2.22. The Labute approximate surface area is 175 Å². The highest BCUT2D eigenvalue weighted by molar-refractivity contribution is 7.92. The second kappa shape index (κ2) is 8.09. The molecule has 0 radical (unpaired) electrons. The first-order chi connectivity index (χ1) is 13.2. The average Bonchev–Trinajstić information content (AvgIpc) is 2.59. The van der Waals surface area contributed by atoms with E-state index in [1.165, 1.54) is 24.3 Å². The van der Waals surface area contributed by atoms with Gasteiger partial charge in [0.05, 0.1) is 0 Å². The molecule has 0 saturated carbocycles. The Bertz CT molecular complexity index is 1280. The van der Waals surface area contributed by atoms with Gasteiger partial charge in [0.15, 0.2) is 15.6 Å². The van der Waals surface area contributed by atoms with Crippen LogP contribution < -0.4 is 5.56 Å². The predicted molar refractivity (Wildman–Crippen MR) is 112 cm³/mol. The number of benzene rings is 2. The van der Waals surface area contributed by atoms with Crippen molar-refractivity contribution in [2.24, 2.45) is 0 Å². The predicted octanol–water partition coefficient (Wildman–Crippen LogP) is 4.54. The van der Waals surface area contributed by atoms with Crippen LogP contribution in [0.5, 0.6) is 0 Å². The van der Waals surface area contributed by atoms with Crippen LogP contribution in [-0.4, -0.2) is 24.9 Å². The molecule has 2 aromatic carbocycles. The number of carbonyl (C=O) groups is 1. The third-order valence-electron chi connectivity index (χ3n) is 3.85. The lowest BCUT2D eigenvalue weighted by Crippen LogP contribution is -2.22. The number of halogens is 3. The molecular weight excluding hydrogens is 445 g/mol. The van der Waals surface area contributed by atoms with Gasteiger partial charge in [-0.2, -0.15) is 0 Å². The summed E-state index contributed by atoms with van der Waals surface area (Å²) in [5, 5.41) is 1.65. The number of rotatable bonds is 5. The van der Waals surface area contributed by atoms with E-state index in [1.807, 2.05) is 0 Å². The summed E-state index contributed by atoms with van der Waals surface area (Å²) in [6.07, 6.45) is 2.49. The molecule has 1 aromatic heterocycles. The second-order valence-electron chi connectivity index (χ2n) is 5.92. The quantitative estimate of drug-likeness (QED) is 0.571. The Hall–Kier alpha value is -2.12. The number of aromatic amines is 1. The van der Waals surface area contributed by atoms with Crippen molar-refractivity contribution >= 4 is 67.4 Å². The molecule has 0 aliphatic carbocycles. The summed E-state index contributed by atoms with van der Waals surface area (Å²) >= 11 is 17.7. The third-order valence-corrected chi connectivity index (χ3v) is 6.29. The van der Waals surface area contributed by atoms with E-state index in [1.54, 1.807) is 24.3 Å². The zero-order valence-corrected chi connectivity index (χ0v) is 17.2. The number of allylic oxidation sites excluding steroid dienone is 1. The Morgan fingerprint density at radius 3 is 2.39 bits per heavy atom. The lowest BCUT2D eigenvalue weighted by Gasteiger charge is -2.04. The normalized spacial score (nSPS) is 12.0. The van der Waals surface area contributed by atoms with Gasteiger partial charge in [0.2, 0.25) is 0 Å². The molecule has 0 atom stereocenters. The van der Waals surface area contributed by atoms with Crippen LogP contribution in [0.1, 0.15) is 5.56 Å². The van der Waals surface area contributed by atoms with E-state index >= 15 is 0 Å². The number of hydrogen-bond donors (Lipinski definition) is 1. The molecule has 5 nitrogen and oxygen atoms in total. The number of fused-ring (bicyclic) bond motifs is 1. The fourth-order valence-corrected chi connectivity index (χ4v) is 4.43. The summed E-state index contributed by atoms with van der Waals surface area (Å²) in [6.45, 7) is 0. The SMILES string of the molecule is O=C(C=Cc1ccc(Cl)cc1Cl)CS(=O)(=O)c1cc2ccc(Cl)cc2[nH]c1=O. The van der Waals surface area contributed by atoms with Crippen LogP contribution in [0.15, 0.2) is 58.2 Å². The maximum absolute atomic E-state index is 12.6. The first-order valence-electron chi connectivity index (χ1n) is 7.87. The van der Waals surface area contributed by atoms with Crippen LogP contribution in [0.3, 0.4) is 0 Å². The summed E-state index contributed by atoms with van der Waals surface area (Å²) in [5.41, 5.74) is 0.101. The molecule has 0 bridgehead atoms. The molecule has 3 aromatic rings. The first kappa shape index (κ1) is 20.6. The van der Waals surface area contributed by atoms with Crippen molar-refractivity contribution in [3.63, 3.8) is 0 Å². The monoisotopic (exact) mass is 455 g/mol. The maximum Gasteiger partial charge on any atom is 0.267 e. The van der Waals surface area contributed by atoms with Crippen LogP contribution in [0.4, 0.5) is 0 Å². The summed E-state index contributed by atoms with van der Waals surface area (Å²) in [4.78, 5) is 26.3. The molecule has 28 heavy (non-hydrogen) atoms. The molecule has 0 spiro atoms. The van der Waals surface area contributed by atoms with Crippen LogP contribution in [-0.2, 0) is 14.6 Å². The van der Waals surface area contributed by atoms with Crippen LogP contribution >= 0.6 is 34.8 Å². The van der Waals surface area contributed by atoms with Crippen molar-refractivity contribution in [3.8, 4) is 0 Å². The second-order valence-corrected chi connectivity index (χ2v) is 9.16. The number of hydrogen-bond acceptors (Lipinski definition) is 4. The van der Waals surface area contributed by atoms with E-state index in [0.29, 0.717) is 31.5 Å². The summed E-state index contributed by atoms with van der Waals surface area (Å²) in [5.74, 6) is -1.54. The minimum Gasteiger partial charge on any atom is -0.321 e. The van der Waals surface area contributed by atoms with Crippen LogP contribution in [0.25, 0.3) is 17.0 Å². The molecule has 9 heteroatoms. The van der Waals surface area contributed by atoms with Gasteiger partial charge in [-0.05, 0) is 53.4 Å². The van der Waals surface area contributed by atoms with Gasteiger partial charge in [-0.1, -0.05) is 46.9 Å². The Morgan fingerprint density at radius 1 is 1.00 bits per heavy atom. The van der Waals surface area contributed by atoms with Crippen LogP contribution in [0, 0.1) is 0 Å². The number of ketones is 1. The minimum absolute atomic E-state index is 0.323. The molecule has 0 aliphatic heterocycles. The fraction of sp³-hybridized carbons (Fsp3) is 0.0526. The number of aromatic nitrogens is 1. The van der Waals surface area contributed by atoms with Crippen molar-refractivity contribution < 1.29 is 13.2 Å². The van der Waals surface area contributed by atoms with E-state index < -0.39 is 31.8 Å². The highest BCUT2D eigenvalue weighted by atomic mass is 35.5. The smallest absolute Gasteiger partial charge is 0.267 e. The number of nitrogens with one attached hydrogen (secondary N) is 1. The van der Waals surface area contributed by atoms with Gasteiger partial charge in [-0.25, -0.2) is 8.42 Å². The van der Waals surface area contributed by atoms with Gasteiger partial charge in [0.25, 0.3) is 5.56 Å². The van der Waals surface area contributed by atoms with E-state index in [4.69, 9.17) is 34.8 Å². The molecule has 144 valence electrons. The van der Waals surface area contributed by atoms with Gasteiger partial charge in [0, 0.05) is 20.6 Å². The van der Waals surface area contributed by atoms with E-state index in [-0.39, 0.29) is 0 Å². The molecule has 3 rings (SSSR count). The van der Waals surface area contributed by atoms with Gasteiger partial charge < -0.3 is 4.98 Å². The lowest BCUT2D eigenvalue weighted by molar-refractivity contribution is -0.112. The molecule has 0 fully saturated rings. The molecular formula is C19H12Cl3NO4S. The Morgan fingerprint density at radius 2 is 1.68 bits per heavy atom. The summed E-state index contributed by atoms with van der Waals surface area (Å²) in [6, 6.07) is 10.6. The largest absolute Gasteiger partial charge is 0.321 e. The topological polar surface area (TPSA) is 84.1 Å². The molecule has 0 amide bonds. The van der Waals surface area contributed by atoms with Crippen molar-refractivity contribution in [1.29, 1.82) is 0 Å². The third kappa shape index (κ3) is 4.64. The summed E-state index contributed by atoms with van der Waals surface area (Å²) < 4.78 is 25.1. The Kier molecular flexibility index (Phi) is 5.95. The zero-order chi connectivity index (χ0) is 20.5. The maximum atomic E-state index is 12.6. The molecule has 0 saturated heterocycles. The van der Waals surface area contributed by atoms with Gasteiger partial charge in [-0.15, -0.1) is 0 Å². The molecule has 1 heterocycles. The number of carbonyl (C=O) groups excluding carboxylic acids is 1. The van der Waals surface area contributed by atoms with Crippen molar-refractivity contribution in [1.82, 2.24) is 4.98 Å². The first-order valence-corrected chi connectivity index (χ1v) is 10.7. The highest BCUT2D eigenvalue weighted by Gasteiger charge is 2.22. The van der Waals surface area contributed by atoms with Crippen molar-refractivity contribution in [3.05, 3.63) is 79.5 Å². The van der Waals surface area contributed by atoms with Gasteiger partial charge >= 0.3 is 0 Å². The van der Waals surface area contributed by atoms with Crippen LogP contribution in [0.2, 0.25) is 15.1 Å². The fourth-order valence-electron chi connectivity index (χ4n) is 2.52. The van der Waals surface area contributed by atoms with E-state index in [9.17, 15) is 18.0 Å². The van der Waals surface area contributed by atoms with Gasteiger partial charge in [-0.3, -0.25) is 9.59 Å². The molecule has 0 unspecified atom stereocenters. The zero-order valence-electron chi connectivity index (χ0n) is 14.1. The van der Waals surface area contributed by atoms with Crippen molar-refractivity contribution in [2.75, 3.05) is 5.75 Å². The lowest BCUT2D eigenvalue weighted by atomic mass is 10.2. The van der Waals surface area contributed by atoms with Gasteiger partial charge in [0.1, 0.15) is 10.6 Å². The van der Waals surface area contributed by atoms with E-state index in [0.717, 1.165) is 6.08 Å².